The van der Waals surface area contributed by atoms with Crippen LogP contribution in [0.4, 0.5) is 0 Å². The van der Waals surface area contributed by atoms with Gasteiger partial charge in [0.25, 0.3) is 0 Å². The van der Waals surface area contributed by atoms with E-state index in [0.29, 0.717) is 25.0 Å². The highest BCUT2D eigenvalue weighted by Crippen LogP contribution is 2.22. The van der Waals surface area contributed by atoms with Gasteiger partial charge in [-0.05, 0) is 19.3 Å². The van der Waals surface area contributed by atoms with Crippen LogP contribution in [0.5, 0.6) is 0 Å². The third-order valence-corrected chi connectivity index (χ3v) is 4.67. The molecule has 2 aromatic heterocycles. The largest absolute Gasteiger partial charge is 0.361 e. The van der Waals surface area contributed by atoms with E-state index in [1.165, 1.54) is 0 Å². The molecular formula is C19H32IN5O2. The summed E-state index contributed by atoms with van der Waals surface area (Å²) in [4.78, 5) is 4.27. The van der Waals surface area contributed by atoms with Gasteiger partial charge in [-0.1, -0.05) is 38.0 Å². The van der Waals surface area contributed by atoms with Crippen molar-refractivity contribution in [3.05, 3.63) is 34.5 Å². The summed E-state index contributed by atoms with van der Waals surface area (Å²) in [6.45, 7) is 9.66. The number of halogens is 1. The van der Waals surface area contributed by atoms with Crippen molar-refractivity contribution in [2.45, 2.75) is 72.4 Å². The number of nitrogens with zero attached hydrogens (tertiary/aromatic N) is 3. The lowest BCUT2D eigenvalue weighted by Crippen LogP contribution is -2.36. The van der Waals surface area contributed by atoms with E-state index >= 15 is 0 Å². The smallest absolute Gasteiger partial charge is 0.191 e. The predicted molar refractivity (Wildman–Crippen MR) is 118 cm³/mol. The van der Waals surface area contributed by atoms with Crippen LogP contribution in [-0.4, -0.2) is 23.3 Å². The zero-order valence-corrected chi connectivity index (χ0v) is 19.3. The lowest BCUT2D eigenvalue weighted by Gasteiger charge is -2.11. The Hall–Kier alpha value is -1.58. The Morgan fingerprint density at radius 2 is 1.74 bits per heavy atom. The Bertz CT molecular complexity index is 685. The van der Waals surface area contributed by atoms with E-state index in [4.69, 9.17) is 9.05 Å². The highest BCUT2D eigenvalue weighted by Gasteiger charge is 2.15. The van der Waals surface area contributed by atoms with Gasteiger partial charge < -0.3 is 19.7 Å². The Labute approximate surface area is 178 Å². The number of rotatable bonds is 9. The molecule has 0 aliphatic carbocycles. The second kappa shape index (κ2) is 12.0. The molecule has 0 atom stereocenters. The molecule has 2 aromatic rings. The molecule has 2 N–H and O–H groups in total. The van der Waals surface area contributed by atoms with Crippen molar-refractivity contribution in [1.82, 2.24) is 20.9 Å². The van der Waals surface area contributed by atoms with E-state index < -0.39 is 0 Å². The number of aromatic nitrogens is 2. The molecule has 0 fully saturated rings. The summed E-state index contributed by atoms with van der Waals surface area (Å²) in [5.41, 5.74) is 3.14. The number of hydrogen-bond acceptors (Lipinski definition) is 5. The maximum absolute atomic E-state index is 5.45. The van der Waals surface area contributed by atoms with E-state index in [1.54, 1.807) is 7.05 Å². The normalized spacial score (nSPS) is 11.6. The average Bonchev–Trinajstić information content (AvgIpc) is 3.29. The van der Waals surface area contributed by atoms with E-state index in [-0.39, 0.29) is 24.0 Å². The van der Waals surface area contributed by atoms with Gasteiger partial charge in [0.05, 0.1) is 17.9 Å². The molecule has 8 heteroatoms. The molecule has 0 aromatic carbocycles. The monoisotopic (exact) mass is 489 g/mol. The van der Waals surface area contributed by atoms with Crippen LogP contribution in [-0.2, 0) is 25.9 Å². The van der Waals surface area contributed by atoms with Crippen molar-refractivity contribution in [2.24, 2.45) is 4.99 Å². The molecule has 2 heterocycles. The number of aryl methyl sites for hydroxylation is 2. The topological polar surface area (TPSA) is 88.5 Å². The van der Waals surface area contributed by atoms with E-state index in [1.807, 2.05) is 6.07 Å². The van der Waals surface area contributed by atoms with Gasteiger partial charge >= 0.3 is 0 Å². The third kappa shape index (κ3) is 6.22. The Morgan fingerprint density at radius 1 is 1.04 bits per heavy atom. The minimum Gasteiger partial charge on any atom is -0.361 e. The second-order valence-corrected chi connectivity index (χ2v) is 6.25. The molecule has 0 bridgehead atoms. The van der Waals surface area contributed by atoms with E-state index in [0.717, 1.165) is 54.2 Å². The number of aliphatic imine (C=N–C) groups is 1. The van der Waals surface area contributed by atoms with Gasteiger partial charge in [-0.15, -0.1) is 24.0 Å². The van der Waals surface area contributed by atoms with Gasteiger partial charge in [0.1, 0.15) is 5.76 Å². The van der Waals surface area contributed by atoms with Crippen LogP contribution in [0.15, 0.2) is 20.1 Å². The van der Waals surface area contributed by atoms with Gasteiger partial charge in [0.15, 0.2) is 11.7 Å². The fourth-order valence-electron chi connectivity index (χ4n) is 3.01. The molecule has 0 amide bonds. The quantitative estimate of drug-likeness (QED) is 0.312. The summed E-state index contributed by atoms with van der Waals surface area (Å²) in [6, 6.07) is 2.03. The van der Waals surface area contributed by atoms with Crippen LogP contribution in [0.2, 0.25) is 0 Å². The summed E-state index contributed by atoms with van der Waals surface area (Å²) < 4.78 is 10.9. The summed E-state index contributed by atoms with van der Waals surface area (Å²) >= 11 is 0. The zero-order valence-electron chi connectivity index (χ0n) is 17.0. The Kier molecular flexibility index (Phi) is 10.4. The number of guanidine groups is 1. The molecule has 2 rings (SSSR count). The first kappa shape index (κ1) is 23.5. The molecular weight excluding hydrogens is 457 g/mol. The van der Waals surface area contributed by atoms with Gasteiger partial charge in [-0.25, -0.2) is 0 Å². The fourth-order valence-corrected chi connectivity index (χ4v) is 3.01. The minimum absolute atomic E-state index is 0. The predicted octanol–water partition coefficient (Wildman–Crippen LogP) is 4.17. The molecule has 0 aliphatic heterocycles. The van der Waals surface area contributed by atoms with E-state index in [9.17, 15) is 0 Å². The van der Waals surface area contributed by atoms with Gasteiger partial charge in [0, 0.05) is 37.6 Å². The van der Waals surface area contributed by atoms with Crippen LogP contribution in [0, 0.1) is 0 Å². The number of nitrogens with one attached hydrogen (secondary N) is 2. The maximum Gasteiger partial charge on any atom is 0.191 e. The lowest BCUT2D eigenvalue weighted by atomic mass is 9.99. The first-order valence-corrected chi connectivity index (χ1v) is 9.52. The minimum atomic E-state index is 0. The summed E-state index contributed by atoms with van der Waals surface area (Å²) in [5, 5.41) is 14.9. The van der Waals surface area contributed by atoms with Crippen LogP contribution in [0.25, 0.3) is 0 Å². The molecule has 0 aliphatic rings. The van der Waals surface area contributed by atoms with Crippen molar-refractivity contribution in [3.63, 3.8) is 0 Å². The standard InChI is InChI=1S/C19H31N5O2.HI/c1-6-13(7-2)17-10-14(25-24-17)11-21-19(20-5)22-12-15-16(8-3)23-26-18(15)9-4;/h10,13H,6-9,11-12H2,1-5H3,(H2,20,21,22);1H. The van der Waals surface area contributed by atoms with Crippen LogP contribution >= 0.6 is 24.0 Å². The molecule has 7 nitrogen and oxygen atoms in total. The average molecular weight is 489 g/mol. The van der Waals surface area contributed by atoms with Crippen molar-refractivity contribution in [3.8, 4) is 0 Å². The van der Waals surface area contributed by atoms with Gasteiger partial charge in [-0.3, -0.25) is 4.99 Å². The SMILES string of the molecule is CCc1noc(CC)c1CNC(=NC)NCc1cc(C(CC)CC)no1.I. The first-order chi connectivity index (χ1) is 12.7. The molecule has 0 saturated heterocycles. The number of hydrogen-bond donors (Lipinski definition) is 2. The molecule has 0 spiro atoms. The van der Waals surface area contributed by atoms with Crippen LogP contribution in [0.3, 0.4) is 0 Å². The van der Waals surface area contributed by atoms with Crippen LogP contribution in [0.1, 0.15) is 74.9 Å². The zero-order chi connectivity index (χ0) is 18.9. The van der Waals surface area contributed by atoms with Crippen molar-refractivity contribution in [1.29, 1.82) is 0 Å². The summed E-state index contributed by atoms with van der Waals surface area (Å²) in [7, 11) is 1.75. The fraction of sp³-hybridized carbons (Fsp3) is 0.632. The van der Waals surface area contributed by atoms with Crippen molar-refractivity contribution < 1.29 is 9.05 Å². The molecule has 0 radical (unpaired) electrons. The third-order valence-electron chi connectivity index (χ3n) is 4.67. The maximum atomic E-state index is 5.45. The van der Waals surface area contributed by atoms with Crippen molar-refractivity contribution in [2.75, 3.05) is 7.05 Å². The highest BCUT2D eigenvalue weighted by molar-refractivity contribution is 14.0. The highest BCUT2D eigenvalue weighted by atomic mass is 127. The molecule has 0 unspecified atom stereocenters. The first-order valence-electron chi connectivity index (χ1n) is 9.52. The molecule has 0 saturated carbocycles. The van der Waals surface area contributed by atoms with E-state index in [2.05, 4.69) is 53.6 Å². The summed E-state index contributed by atoms with van der Waals surface area (Å²) in [6.07, 6.45) is 3.81. The second-order valence-electron chi connectivity index (χ2n) is 6.25. The molecule has 152 valence electrons. The Balaban J connectivity index is 0.00000364. The van der Waals surface area contributed by atoms with Gasteiger partial charge in [-0.2, -0.15) is 0 Å². The van der Waals surface area contributed by atoms with Crippen LogP contribution < -0.4 is 10.6 Å². The lowest BCUT2D eigenvalue weighted by molar-refractivity contribution is 0.368. The molecule has 27 heavy (non-hydrogen) atoms. The summed E-state index contributed by atoms with van der Waals surface area (Å²) in [5.74, 6) is 2.90. The Morgan fingerprint density at radius 3 is 2.33 bits per heavy atom. The van der Waals surface area contributed by atoms with Gasteiger partial charge in [0.2, 0.25) is 0 Å². The van der Waals surface area contributed by atoms with Crippen molar-refractivity contribution >= 4 is 29.9 Å².